The van der Waals surface area contributed by atoms with E-state index in [1.165, 1.54) is 116 Å². The van der Waals surface area contributed by atoms with Crippen LogP contribution in [0.25, 0.3) is 0 Å². The summed E-state index contributed by atoms with van der Waals surface area (Å²) < 4.78 is 0. The van der Waals surface area contributed by atoms with E-state index in [1.54, 1.807) is 0 Å². The Kier molecular flexibility index (Phi) is 73.6. The van der Waals surface area contributed by atoms with E-state index in [9.17, 15) is 0 Å². The van der Waals surface area contributed by atoms with Crippen molar-refractivity contribution < 1.29 is 0 Å². The van der Waals surface area contributed by atoms with Crippen LogP contribution in [0.2, 0.25) is 0 Å². The second-order valence-electron chi connectivity index (χ2n) is 30.3. The van der Waals surface area contributed by atoms with E-state index in [1.807, 2.05) is 109 Å². The molecule has 0 heterocycles. The zero-order valence-corrected chi connectivity index (χ0v) is 63.5. The van der Waals surface area contributed by atoms with Crippen molar-refractivity contribution in [2.24, 2.45) is 107 Å². The molecule has 3 aliphatic rings. The Morgan fingerprint density at radius 2 is 0.369 bits per heavy atom. The molecule has 3 aromatic carbocycles. The van der Waals surface area contributed by atoms with Crippen molar-refractivity contribution in [3.05, 3.63) is 109 Å². The van der Waals surface area contributed by atoms with Gasteiger partial charge in [-0.25, -0.2) is 0 Å². The fraction of sp³-hybridized carbons (Fsp3) is 0.786. The smallest absolute Gasteiger partial charge is 0.0386 e. The first kappa shape index (κ1) is 92.8. The summed E-state index contributed by atoms with van der Waals surface area (Å²) in [7, 11) is 0. The zero-order chi connectivity index (χ0) is 65.8. The van der Waals surface area contributed by atoms with Gasteiger partial charge in [0.15, 0.2) is 0 Å². The maximum Gasteiger partial charge on any atom is -0.0386 e. The van der Waals surface area contributed by atoms with Gasteiger partial charge in [-0.1, -0.05) is 375 Å². The summed E-state index contributed by atoms with van der Waals surface area (Å²) in [5.74, 6) is 17.2. The standard InChI is InChI=1S/C12H24.C11H22.C10H20.3C6H6.3C6H14.3C5H12/c1-9(2)5-11-7-12(8-11)6-10(3)4;1-8(2)5-10-6-11(7-10)9(3)4;1-7(2)9-5-10(6-9)8(3)4;3*1-2-4-6-5-3-1;3*1-4-5-6(2)3;3*1-4-5(2)3/h9-12H,5-8H2,1-4H3;8-11H,5-7H2,1-4H3;7-10H,5-6H2,1-4H3;3*1-6H;3*6H,4-5H2,1-3H3;3*5H,4H2,1-3H3. The minimum absolute atomic E-state index is 0.884. The molecule has 3 saturated carbocycles. The van der Waals surface area contributed by atoms with Crippen molar-refractivity contribution in [2.75, 3.05) is 0 Å². The van der Waals surface area contributed by atoms with Gasteiger partial charge in [-0.3, -0.25) is 0 Å². The first-order chi connectivity index (χ1) is 39.4. The first-order valence-electron chi connectivity index (χ1n) is 36.4. The molecule has 0 spiro atoms. The highest BCUT2D eigenvalue weighted by molar-refractivity contribution is 5.00. The van der Waals surface area contributed by atoms with Gasteiger partial charge in [-0.15, -0.1) is 0 Å². The van der Waals surface area contributed by atoms with E-state index in [0.29, 0.717) is 0 Å². The summed E-state index contributed by atoms with van der Waals surface area (Å²) in [5, 5.41) is 0. The fourth-order valence-corrected chi connectivity index (χ4v) is 9.47. The lowest BCUT2D eigenvalue weighted by atomic mass is 9.65. The van der Waals surface area contributed by atoms with Crippen LogP contribution in [0.1, 0.15) is 323 Å². The van der Waals surface area contributed by atoms with Crippen LogP contribution >= 0.6 is 0 Å². The maximum absolute atomic E-state index is 2.36. The average molecular weight is 1170 g/mol. The highest BCUT2D eigenvalue weighted by Gasteiger charge is 2.33. The van der Waals surface area contributed by atoms with E-state index in [-0.39, 0.29) is 0 Å². The van der Waals surface area contributed by atoms with Crippen LogP contribution in [0.4, 0.5) is 0 Å². The van der Waals surface area contributed by atoms with E-state index in [4.69, 9.17) is 0 Å². The van der Waals surface area contributed by atoms with Gasteiger partial charge in [0.25, 0.3) is 0 Å². The molecule has 0 aliphatic heterocycles. The van der Waals surface area contributed by atoms with Crippen LogP contribution in [0, 0.1) is 107 Å². The first-order valence-corrected chi connectivity index (χ1v) is 36.4. The second kappa shape index (κ2) is 66.6. The number of rotatable bonds is 18. The Labute approximate surface area is 536 Å². The van der Waals surface area contributed by atoms with Crippen LogP contribution in [0.5, 0.6) is 0 Å². The SMILES string of the molecule is CC(C)C1CC(C(C)C)C1.CC(C)CC1CC(C(C)C)C1.CC(C)CC1CC(CC(C)C)C1.CCC(C)C.CCC(C)C.CCC(C)C.CCCC(C)C.CCCC(C)C.CCCC(C)C.c1ccccc1.c1ccccc1.c1ccccc1. The van der Waals surface area contributed by atoms with Crippen molar-refractivity contribution in [1.29, 1.82) is 0 Å². The van der Waals surface area contributed by atoms with E-state index in [0.717, 1.165) is 107 Å². The van der Waals surface area contributed by atoms with Crippen molar-refractivity contribution in [2.45, 2.75) is 323 Å². The summed E-state index contributed by atoms with van der Waals surface area (Å²) >= 11 is 0. The fourth-order valence-electron chi connectivity index (χ4n) is 9.47. The molecule has 3 aromatic rings. The lowest BCUT2D eigenvalue weighted by Gasteiger charge is -2.40. The lowest BCUT2D eigenvalue weighted by Crippen LogP contribution is -2.30. The molecule has 0 bridgehead atoms. The van der Waals surface area contributed by atoms with Crippen molar-refractivity contribution in [1.82, 2.24) is 0 Å². The predicted octanol–water partition coefficient (Wildman–Crippen LogP) is 29.7. The average Bonchev–Trinajstić information content (AvgIpc) is 3.39. The molecule has 0 nitrogen and oxygen atoms in total. The van der Waals surface area contributed by atoms with Gasteiger partial charge >= 0.3 is 0 Å². The second-order valence-corrected chi connectivity index (χ2v) is 30.3. The lowest BCUT2D eigenvalue weighted by molar-refractivity contribution is 0.102. The monoisotopic (exact) mass is 1170 g/mol. The molecule has 6 rings (SSSR count). The Balaban J connectivity index is -0.000000200. The van der Waals surface area contributed by atoms with Gasteiger partial charge in [0.2, 0.25) is 0 Å². The number of hydrogen-bond donors (Lipinski definition) is 0. The van der Waals surface area contributed by atoms with E-state index < -0.39 is 0 Å². The summed E-state index contributed by atoms with van der Waals surface area (Å²) in [6.07, 6.45) is 25.5. The Bertz CT molecular complexity index is 1300. The Morgan fingerprint density at radius 1 is 0.214 bits per heavy atom. The van der Waals surface area contributed by atoms with Gasteiger partial charge in [0.05, 0.1) is 0 Å². The molecule has 0 atom stereocenters. The Morgan fingerprint density at radius 3 is 0.476 bits per heavy atom. The van der Waals surface area contributed by atoms with E-state index >= 15 is 0 Å². The molecule has 0 heteroatoms. The number of hydrogen-bond acceptors (Lipinski definition) is 0. The highest BCUT2D eigenvalue weighted by atomic mass is 14.4. The summed E-state index contributed by atoms with van der Waals surface area (Å²) in [6.45, 7) is 68.3. The Hall–Kier alpha value is -2.34. The summed E-state index contributed by atoms with van der Waals surface area (Å²) in [5.41, 5.74) is 0. The third kappa shape index (κ3) is 79.7. The third-order valence-corrected chi connectivity index (χ3v) is 16.1. The van der Waals surface area contributed by atoms with Crippen LogP contribution < -0.4 is 0 Å². The molecule has 3 fully saturated rings. The molecular weight excluding hydrogens is 1010 g/mol. The van der Waals surface area contributed by atoms with Crippen molar-refractivity contribution in [3.63, 3.8) is 0 Å². The quantitative estimate of drug-likeness (QED) is 0.119. The molecule has 0 amide bonds. The van der Waals surface area contributed by atoms with Crippen LogP contribution in [-0.2, 0) is 0 Å². The third-order valence-electron chi connectivity index (χ3n) is 16.1. The zero-order valence-electron chi connectivity index (χ0n) is 63.5. The summed E-state index contributed by atoms with van der Waals surface area (Å²) in [4.78, 5) is 0. The summed E-state index contributed by atoms with van der Waals surface area (Å²) in [6, 6.07) is 36.0. The molecule has 0 unspecified atom stereocenters. The van der Waals surface area contributed by atoms with Gasteiger partial charge in [0, 0.05) is 0 Å². The number of benzene rings is 3. The van der Waals surface area contributed by atoms with E-state index in [2.05, 4.69) is 208 Å². The molecule has 84 heavy (non-hydrogen) atoms. The molecule has 0 radical (unpaired) electrons. The molecule has 0 N–H and O–H groups in total. The van der Waals surface area contributed by atoms with Gasteiger partial charge in [-0.2, -0.15) is 0 Å². The van der Waals surface area contributed by atoms with Gasteiger partial charge < -0.3 is 0 Å². The topological polar surface area (TPSA) is 0 Å². The molecule has 0 aromatic heterocycles. The van der Waals surface area contributed by atoms with Crippen molar-refractivity contribution in [3.8, 4) is 0 Å². The van der Waals surface area contributed by atoms with Gasteiger partial charge in [0.1, 0.15) is 0 Å². The highest BCUT2D eigenvalue weighted by Crippen LogP contribution is 2.43. The normalized spacial score (nSPS) is 17.8. The van der Waals surface area contributed by atoms with Crippen molar-refractivity contribution >= 4 is 0 Å². The molecule has 0 saturated heterocycles. The van der Waals surface area contributed by atoms with Crippen LogP contribution in [0.15, 0.2) is 109 Å². The van der Waals surface area contributed by atoms with Crippen LogP contribution in [-0.4, -0.2) is 0 Å². The van der Waals surface area contributed by atoms with Gasteiger partial charge in [-0.05, 0) is 164 Å². The maximum atomic E-state index is 2.36. The predicted molar refractivity (Wildman–Crippen MR) is 395 cm³/mol. The van der Waals surface area contributed by atoms with Crippen LogP contribution in [0.3, 0.4) is 0 Å². The molecule has 498 valence electrons. The molecular formula is C84H162. The largest absolute Gasteiger partial charge is 0.0654 e. The minimum Gasteiger partial charge on any atom is -0.0654 e. The molecule has 3 aliphatic carbocycles. The minimum atomic E-state index is 0.884.